The van der Waals surface area contributed by atoms with Crippen molar-refractivity contribution in [2.45, 2.75) is 38.4 Å². The van der Waals surface area contributed by atoms with Crippen LogP contribution in [0.5, 0.6) is 0 Å². The zero-order valence-corrected chi connectivity index (χ0v) is 11.4. The van der Waals surface area contributed by atoms with Crippen LogP contribution in [0.2, 0.25) is 0 Å². The first kappa shape index (κ1) is 13.2. The van der Waals surface area contributed by atoms with Crippen molar-refractivity contribution in [2.24, 2.45) is 0 Å². The summed E-state index contributed by atoms with van der Waals surface area (Å²) in [5.74, 6) is -0.362. The van der Waals surface area contributed by atoms with Crippen LogP contribution >= 0.6 is 0 Å². The number of hydrogen-bond acceptors (Lipinski definition) is 7. The summed E-state index contributed by atoms with van der Waals surface area (Å²) in [6.45, 7) is 4.02. The summed E-state index contributed by atoms with van der Waals surface area (Å²) in [5.41, 5.74) is 6.95. The smallest absolute Gasteiger partial charge is 0.165 e. The predicted octanol–water partition coefficient (Wildman–Crippen LogP) is -0.0791. The van der Waals surface area contributed by atoms with Crippen LogP contribution in [0.3, 0.4) is 0 Å². The highest BCUT2D eigenvalue weighted by atomic mass is 16.8. The Morgan fingerprint density at radius 1 is 1.30 bits per heavy atom. The number of ether oxygens (including phenoxy) is 2. The van der Waals surface area contributed by atoms with Crippen LogP contribution in [0, 0.1) is 0 Å². The second-order valence-corrected chi connectivity index (χ2v) is 5.22. The van der Waals surface area contributed by atoms with E-state index >= 15 is 0 Å². The van der Waals surface area contributed by atoms with Gasteiger partial charge >= 0.3 is 0 Å². The van der Waals surface area contributed by atoms with Gasteiger partial charge in [0.2, 0.25) is 0 Å². The molecule has 0 aromatic carbocycles. The first-order valence-corrected chi connectivity index (χ1v) is 6.38. The molecule has 3 heterocycles. The number of aromatic nitrogens is 4. The largest absolute Gasteiger partial charge is 0.394 e. The molecule has 0 radical (unpaired) electrons. The minimum atomic E-state index is -0.706. The molecule has 0 unspecified atom stereocenters. The van der Waals surface area contributed by atoms with Gasteiger partial charge in [0.25, 0.3) is 0 Å². The molecule has 3 N–H and O–H groups in total. The second-order valence-electron chi connectivity index (χ2n) is 5.22. The van der Waals surface area contributed by atoms with Crippen molar-refractivity contribution in [3.05, 3.63) is 12.7 Å². The lowest BCUT2D eigenvalue weighted by Gasteiger charge is -2.17. The molecule has 3 rings (SSSR count). The number of nitrogens with two attached hydrogens (primary N) is 1. The number of aliphatic hydroxyl groups excluding tert-OH is 1. The van der Waals surface area contributed by atoms with Crippen LogP contribution in [0.25, 0.3) is 11.2 Å². The summed E-state index contributed by atoms with van der Waals surface area (Å²) in [5, 5.41) is 9.38. The van der Waals surface area contributed by atoms with Gasteiger partial charge in [0, 0.05) is 0 Å². The Labute approximate surface area is 115 Å². The normalized spacial score (nSPS) is 25.4. The number of nitrogen functional groups attached to an aromatic ring is 1. The van der Waals surface area contributed by atoms with E-state index < -0.39 is 5.79 Å². The lowest BCUT2D eigenvalue weighted by molar-refractivity contribution is -0.149. The summed E-state index contributed by atoms with van der Waals surface area (Å²) >= 11 is 0. The van der Waals surface area contributed by atoms with Gasteiger partial charge in [-0.3, -0.25) is 0 Å². The molecule has 2 atom stereocenters. The lowest BCUT2D eigenvalue weighted by Crippen LogP contribution is -2.30. The van der Waals surface area contributed by atoms with Gasteiger partial charge in [0.1, 0.15) is 24.1 Å². The van der Waals surface area contributed by atoms with Crippen molar-refractivity contribution < 1.29 is 14.6 Å². The molecule has 1 saturated heterocycles. The van der Waals surface area contributed by atoms with Crippen molar-refractivity contribution >= 4 is 17.0 Å². The van der Waals surface area contributed by atoms with Crippen molar-refractivity contribution in [1.82, 2.24) is 19.5 Å². The van der Waals surface area contributed by atoms with E-state index in [1.54, 1.807) is 6.33 Å². The number of imidazole rings is 1. The Morgan fingerprint density at radius 2 is 2.05 bits per heavy atom. The maximum atomic E-state index is 9.38. The lowest BCUT2D eigenvalue weighted by atomic mass is 10.2. The van der Waals surface area contributed by atoms with Crippen LogP contribution < -0.4 is 5.73 Å². The standard InChI is InChI=1S/C12H17N5O3/c1-12(2)19-7(8(4-18)20-12)3-17-6-16-9-10(13)14-5-15-11(9)17/h5-8,18H,3-4H2,1-2H3,(H2,13,14,15)/t7-,8+/m0/s1. The van der Waals surface area contributed by atoms with Gasteiger partial charge in [-0.15, -0.1) is 0 Å². The topological polar surface area (TPSA) is 108 Å². The van der Waals surface area contributed by atoms with E-state index in [9.17, 15) is 5.11 Å². The van der Waals surface area contributed by atoms with E-state index in [0.717, 1.165) is 0 Å². The Morgan fingerprint density at radius 3 is 2.80 bits per heavy atom. The van der Waals surface area contributed by atoms with Gasteiger partial charge in [-0.05, 0) is 13.8 Å². The van der Waals surface area contributed by atoms with Crippen LogP contribution in [0.4, 0.5) is 5.82 Å². The van der Waals surface area contributed by atoms with Gasteiger partial charge in [0.05, 0.1) is 19.5 Å². The molecule has 108 valence electrons. The Kier molecular flexibility index (Phi) is 3.08. The van der Waals surface area contributed by atoms with Gasteiger partial charge in [-0.25, -0.2) is 15.0 Å². The van der Waals surface area contributed by atoms with Crippen LogP contribution in [0.1, 0.15) is 13.8 Å². The fourth-order valence-electron chi connectivity index (χ4n) is 2.44. The average molecular weight is 279 g/mol. The SMILES string of the molecule is CC1(C)O[C@@H](Cn2cnc3c(N)ncnc32)[C@@H](CO)O1. The van der Waals surface area contributed by atoms with Crippen LogP contribution in [-0.4, -0.2) is 49.2 Å². The molecule has 0 aliphatic carbocycles. The molecular formula is C12H17N5O3. The molecule has 1 aliphatic heterocycles. The van der Waals surface area contributed by atoms with Gasteiger partial charge in [-0.1, -0.05) is 0 Å². The van der Waals surface area contributed by atoms with Crippen molar-refractivity contribution in [3.63, 3.8) is 0 Å². The third-order valence-corrected chi connectivity index (χ3v) is 3.27. The van der Waals surface area contributed by atoms with E-state index in [4.69, 9.17) is 15.2 Å². The fourth-order valence-corrected chi connectivity index (χ4v) is 2.44. The molecule has 0 amide bonds. The average Bonchev–Trinajstić information content (AvgIpc) is 2.92. The summed E-state index contributed by atoms with van der Waals surface area (Å²) in [4.78, 5) is 12.3. The van der Waals surface area contributed by atoms with Crippen LogP contribution in [0.15, 0.2) is 12.7 Å². The molecule has 1 aliphatic rings. The van der Waals surface area contributed by atoms with Gasteiger partial charge < -0.3 is 24.9 Å². The molecule has 8 nitrogen and oxygen atoms in total. The fraction of sp³-hybridized carbons (Fsp3) is 0.583. The molecular weight excluding hydrogens is 262 g/mol. The van der Waals surface area contributed by atoms with E-state index in [1.165, 1.54) is 6.33 Å². The maximum Gasteiger partial charge on any atom is 0.165 e. The molecule has 8 heteroatoms. The predicted molar refractivity (Wildman–Crippen MR) is 70.6 cm³/mol. The van der Waals surface area contributed by atoms with Crippen molar-refractivity contribution in [3.8, 4) is 0 Å². The molecule has 2 aromatic heterocycles. The highest BCUT2D eigenvalue weighted by molar-refractivity contribution is 5.81. The monoisotopic (exact) mass is 279 g/mol. The summed E-state index contributed by atoms with van der Waals surface area (Å²) in [7, 11) is 0. The first-order valence-electron chi connectivity index (χ1n) is 6.38. The first-order chi connectivity index (χ1) is 9.50. The second kappa shape index (κ2) is 4.65. The summed E-state index contributed by atoms with van der Waals surface area (Å²) < 4.78 is 13.3. The molecule has 20 heavy (non-hydrogen) atoms. The van der Waals surface area contributed by atoms with Crippen LogP contribution in [-0.2, 0) is 16.0 Å². The Balaban J connectivity index is 1.88. The minimum Gasteiger partial charge on any atom is -0.394 e. The van der Waals surface area contributed by atoms with Crippen molar-refractivity contribution in [1.29, 1.82) is 0 Å². The number of rotatable bonds is 3. The third kappa shape index (κ3) is 2.21. The van der Waals surface area contributed by atoms with E-state index in [0.29, 0.717) is 23.5 Å². The van der Waals surface area contributed by atoms with Gasteiger partial charge in [0.15, 0.2) is 17.3 Å². The Bertz CT molecular complexity index is 627. The maximum absolute atomic E-state index is 9.38. The van der Waals surface area contributed by atoms with E-state index in [-0.39, 0.29) is 18.8 Å². The highest BCUT2D eigenvalue weighted by Gasteiger charge is 2.41. The zero-order valence-electron chi connectivity index (χ0n) is 11.4. The van der Waals surface area contributed by atoms with Crippen molar-refractivity contribution in [2.75, 3.05) is 12.3 Å². The molecule has 0 saturated carbocycles. The number of nitrogens with zero attached hydrogens (tertiary/aromatic N) is 4. The molecule has 2 aromatic rings. The minimum absolute atomic E-state index is 0.0994. The third-order valence-electron chi connectivity index (χ3n) is 3.27. The quantitative estimate of drug-likeness (QED) is 0.809. The number of anilines is 1. The summed E-state index contributed by atoms with van der Waals surface area (Å²) in [6, 6.07) is 0. The summed E-state index contributed by atoms with van der Waals surface area (Å²) in [6.07, 6.45) is 2.39. The highest BCUT2D eigenvalue weighted by Crippen LogP contribution is 2.29. The number of hydrogen-bond donors (Lipinski definition) is 2. The molecule has 1 fully saturated rings. The Hall–Kier alpha value is -1.77. The van der Waals surface area contributed by atoms with E-state index in [2.05, 4.69) is 15.0 Å². The van der Waals surface area contributed by atoms with Gasteiger partial charge in [-0.2, -0.15) is 0 Å². The number of aliphatic hydroxyl groups is 1. The molecule has 0 bridgehead atoms. The number of fused-ring (bicyclic) bond motifs is 1. The van der Waals surface area contributed by atoms with E-state index in [1.807, 2.05) is 18.4 Å². The molecule has 0 spiro atoms. The zero-order chi connectivity index (χ0) is 14.3.